The second kappa shape index (κ2) is 9.28. The number of hydrogen-bond acceptors (Lipinski definition) is 10. The molecule has 0 radical (unpaired) electrons. The van der Waals surface area contributed by atoms with Crippen molar-refractivity contribution < 1.29 is 60.5 Å². The quantitative estimate of drug-likeness (QED) is 0.189. The number of carbonyl (C=O) groups is 2. The van der Waals surface area contributed by atoms with Crippen LogP contribution < -0.4 is 0 Å². The number of halogens is 2. The summed E-state index contributed by atoms with van der Waals surface area (Å²) in [5.74, 6) is -0.605. The number of alkyl halides is 2. The van der Waals surface area contributed by atoms with Crippen molar-refractivity contribution in [1.82, 2.24) is 0 Å². The van der Waals surface area contributed by atoms with Gasteiger partial charge in [-0.3, -0.25) is 4.55 Å². The van der Waals surface area contributed by atoms with Crippen LogP contribution in [0.5, 0.6) is 0 Å². The zero-order valence-corrected chi connectivity index (χ0v) is 23.8. The molecule has 3 N–H and O–H groups in total. The number of esters is 2. The van der Waals surface area contributed by atoms with E-state index < -0.39 is 56.3 Å². The highest BCUT2D eigenvalue weighted by atomic mass is 32.2. The predicted octanol–water partition coefficient (Wildman–Crippen LogP) is 2.12. The van der Waals surface area contributed by atoms with Gasteiger partial charge in [0.05, 0.1) is 29.0 Å². The second-order valence-electron chi connectivity index (χ2n) is 14.1. The molecule has 8 fully saturated rings. The molecule has 0 amide bonds. The average molecular weight is 609 g/mol. The van der Waals surface area contributed by atoms with E-state index in [1.54, 1.807) is 0 Å². The fraction of sp³-hybridized carbons (Fsp3) is 0.926. The number of hydrogen-bond donors (Lipinski definition) is 3. The SMILES string of the molecule is CC1(OCCOC(=O)COC23CC4(O)CC(O)(C2)CC(OC(=O)C(F)(F)S(=O)(=O)O)(C4)C3)C2CC3CC(C2)CC1C3. The Balaban J connectivity index is 1.05. The highest BCUT2D eigenvalue weighted by Gasteiger charge is 2.71. The average Bonchev–Trinajstić information content (AvgIpc) is 2.80. The molecule has 0 aromatic heterocycles. The van der Waals surface area contributed by atoms with Crippen LogP contribution in [0.25, 0.3) is 0 Å². The third kappa shape index (κ3) is 5.09. The van der Waals surface area contributed by atoms with Crippen LogP contribution in [0, 0.1) is 23.7 Å². The van der Waals surface area contributed by atoms with E-state index in [1.165, 1.54) is 32.1 Å². The molecule has 8 aliphatic rings. The summed E-state index contributed by atoms with van der Waals surface area (Å²) < 4.78 is 81.3. The lowest BCUT2D eigenvalue weighted by atomic mass is 9.48. The maximum absolute atomic E-state index is 14.0. The molecule has 8 rings (SSSR count). The van der Waals surface area contributed by atoms with Crippen LogP contribution in [-0.4, -0.2) is 88.2 Å². The molecule has 0 heterocycles. The number of rotatable bonds is 10. The topological polar surface area (TPSA) is 166 Å². The highest BCUT2D eigenvalue weighted by Crippen LogP contribution is 2.63. The monoisotopic (exact) mass is 608 g/mol. The predicted molar refractivity (Wildman–Crippen MR) is 134 cm³/mol. The first kappa shape index (κ1) is 29.6. The van der Waals surface area contributed by atoms with Crippen molar-refractivity contribution in [2.45, 2.75) is 111 Å². The summed E-state index contributed by atoms with van der Waals surface area (Å²) in [6.45, 7) is 1.85. The first-order chi connectivity index (χ1) is 18.9. The Morgan fingerprint density at radius 2 is 1.37 bits per heavy atom. The molecule has 0 aromatic carbocycles. The molecule has 14 heteroatoms. The summed E-state index contributed by atoms with van der Waals surface area (Å²) in [6, 6.07) is 0. The van der Waals surface area contributed by atoms with E-state index in [9.17, 15) is 37.0 Å². The summed E-state index contributed by atoms with van der Waals surface area (Å²) in [5, 5.41) is 17.0. The maximum Gasteiger partial charge on any atom is 0.465 e. The molecule has 232 valence electrons. The van der Waals surface area contributed by atoms with Crippen molar-refractivity contribution in [3.63, 3.8) is 0 Å². The minimum atomic E-state index is -6.12. The third-order valence-electron chi connectivity index (χ3n) is 10.8. The zero-order valence-electron chi connectivity index (χ0n) is 23.0. The van der Waals surface area contributed by atoms with Gasteiger partial charge in [0.25, 0.3) is 0 Å². The van der Waals surface area contributed by atoms with E-state index in [1.807, 2.05) is 0 Å². The molecule has 0 saturated heterocycles. The lowest BCUT2D eigenvalue weighted by Gasteiger charge is -2.66. The molecule has 0 aromatic rings. The van der Waals surface area contributed by atoms with E-state index in [4.69, 9.17) is 23.5 Å². The van der Waals surface area contributed by atoms with Crippen LogP contribution in [0.2, 0.25) is 0 Å². The number of carbonyl (C=O) groups excluding carboxylic acids is 2. The summed E-state index contributed by atoms with van der Waals surface area (Å²) >= 11 is 0. The lowest BCUT2D eigenvalue weighted by Crippen LogP contribution is -2.73. The smallest absolute Gasteiger partial charge is 0.462 e. The van der Waals surface area contributed by atoms with Crippen molar-refractivity contribution in [3.05, 3.63) is 0 Å². The van der Waals surface area contributed by atoms with Crippen LogP contribution in [0.15, 0.2) is 0 Å². The van der Waals surface area contributed by atoms with Crippen molar-refractivity contribution in [1.29, 1.82) is 0 Å². The second-order valence-corrected chi connectivity index (χ2v) is 15.6. The number of ether oxygens (including phenoxy) is 4. The van der Waals surface area contributed by atoms with Crippen molar-refractivity contribution >= 4 is 22.1 Å². The van der Waals surface area contributed by atoms with E-state index >= 15 is 0 Å². The van der Waals surface area contributed by atoms with Gasteiger partial charge in [-0.1, -0.05) is 0 Å². The minimum absolute atomic E-state index is 0.0111. The van der Waals surface area contributed by atoms with E-state index in [0.717, 1.165) is 11.8 Å². The van der Waals surface area contributed by atoms with E-state index in [0.29, 0.717) is 11.8 Å². The van der Waals surface area contributed by atoms with Gasteiger partial charge in [0.15, 0.2) is 0 Å². The normalized spacial score (nSPS) is 46.1. The summed E-state index contributed by atoms with van der Waals surface area (Å²) in [6.07, 6.45) is 4.86. The molecule has 0 aliphatic heterocycles. The zero-order chi connectivity index (χ0) is 29.7. The molecule has 41 heavy (non-hydrogen) atoms. The first-order valence-electron chi connectivity index (χ1n) is 14.3. The van der Waals surface area contributed by atoms with Crippen molar-refractivity contribution in [2.24, 2.45) is 23.7 Å². The Morgan fingerprint density at radius 1 is 0.829 bits per heavy atom. The summed E-state index contributed by atoms with van der Waals surface area (Å²) in [5.41, 5.74) is -6.89. The number of aliphatic hydroxyl groups is 2. The molecule has 11 nitrogen and oxygen atoms in total. The first-order valence-corrected chi connectivity index (χ1v) is 15.8. The Morgan fingerprint density at radius 3 is 1.90 bits per heavy atom. The molecule has 8 bridgehead atoms. The van der Waals surface area contributed by atoms with Crippen LogP contribution in [-0.2, 0) is 38.7 Å². The molecular formula is C27H38F2O11S. The molecule has 8 aliphatic carbocycles. The van der Waals surface area contributed by atoms with Gasteiger partial charge in [-0.05, 0) is 62.7 Å². The van der Waals surface area contributed by atoms with E-state index in [2.05, 4.69) is 6.92 Å². The lowest BCUT2D eigenvalue weighted by molar-refractivity contribution is -0.312. The van der Waals surface area contributed by atoms with Gasteiger partial charge in [-0.2, -0.15) is 17.2 Å². The molecule has 2 atom stereocenters. The highest BCUT2D eigenvalue weighted by molar-refractivity contribution is 7.87. The minimum Gasteiger partial charge on any atom is -0.462 e. The van der Waals surface area contributed by atoms with Gasteiger partial charge in [0.2, 0.25) is 0 Å². The van der Waals surface area contributed by atoms with Gasteiger partial charge >= 0.3 is 27.3 Å². The Kier molecular flexibility index (Phi) is 6.70. The van der Waals surface area contributed by atoms with Gasteiger partial charge in [0, 0.05) is 38.5 Å². The largest absolute Gasteiger partial charge is 0.465 e. The van der Waals surface area contributed by atoms with E-state index in [-0.39, 0.29) is 57.3 Å². The Bertz CT molecular complexity index is 1170. The molecule has 8 saturated carbocycles. The standard InChI is InChI=1S/C27H38F2O11S/c1-22(18-5-16-4-17(7-18)8-19(22)6-16)38-3-2-37-20(30)9-39-25-11-23(32)10-24(33,12-25)14-26(13-23,15-25)40-21(31)27(28,29)41(34,35)36/h16-19,32-33H,2-15H2,1H3,(H,34,35,36). The van der Waals surface area contributed by atoms with Crippen LogP contribution in [0.4, 0.5) is 8.78 Å². The Hall–Kier alpha value is -1.45. The maximum atomic E-state index is 14.0. The summed E-state index contributed by atoms with van der Waals surface area (Å²) in [4.78, 5) is 24.7. The van der Waals surface area contributed by atoms with Gasteiger partial charge < -0.3 is 29.2 Å². The fourth-order valence-electron chi connectivity index (χ4n) is 10.00. The van der Waals surface area contributed by atoms with Gasteiger partial charge in [-0.15, -0.1) is 0 Å². The fourth-order valence-corrected chi connectivity index (χ4v) is 10.2. The molecule has 0 spiro atoms. The Labute approximate surface area is 237 Å². The third-order valence-corrected chi connectivity index (χ3v) is 11.6. The van der Waals surface area contributed by atoms with Crippen molar-refractivity contribution in [2.75, 3.05) is 19.8 Å². The molecular weight excluding hydrogens is 570 g/mol. The molecule has 2 unspecified atom stereocenters. The van der Waals surface area contributed by atoms with Crippen LogP contribution >= 0.6 is 0 Å². The van der Waals surface area contributed by atoms with Crippen LogP contribution in [0.3, 0.4) is 0 Å². The van der Waals surface area contributed by atoms with Crippen molar-refractivity contribution in [3.8, 4) is 0 Å². The van der Waals surface area contributed by atoms with Gasteiger partial charge in [0.1, 0.15) is 18.8 Å². The summed E-state index contributed by atoms with van der Waals surface area (Å²) in [7, 11) is -6.12. The van der Waals surface area contributed by atoms with Crippen LogP contribution in [0.1, 0.15) is 77.6 Å². The van der Waals surface area contributed by atoms with Gasteiger partial charge in [-0.25, -0.2) is 9.59 Å².